The number of halogens is 1. The van der Waals surface area contributed by atoms with Crippen LogP contribution in [0.15, 0.2) is 83.7 Å². The molecule has 0 bridgehead atoms. The highest BCUT2D eigenvalue weighted by molar-refractivity contribution is 7.09. The summed E-state index contributed by atoms with van der Waals surface area (Å²) in [5, 5.41) is 2.98. The van der Waals surface area contributed by atoms with Crippen LogP contribution < -0.4 is 10.2 Å². The molecule has 3 aromatic carbocycles. The molecule has 33 heavy (non-hydrogen) atoms. The Hall–Kier alpha value is -3.51. The lowest BCUT2D eigenvalue weighted by atomic mass is 10.1. The van der Waals surface area contributed by atoms with Crippen LogP contribution in [0.2, 0.25) is 0 Å². The van der Waals surface area contributed by atoms with Gasteiger partial charge in [0.1, 0.15) is 5.82 Å². The summed E-state index contributed by atoms with van der Waals surface area (Å²) < 4.78 is 15.3. The maximum atomic E-state index is 13.8. The van der Waals surface area contributed by atoms with Gasteiger partial charge in [0.2, 0.25) is 0 Å². The molecule has 0 saturated carbocycles. The number of carbonyl (C=O) groups excluding carboxylic acids is 1. The molecule has 4 rings (SSSR count). The molecule has 0 atom stereocenters. The number of aryl methyl sites for hydroxylation is 2. The molecule has 1 amide bonds. The maximum Gasteiger partial charge on any atom is 0.312 e. The van der Waals surface area contributed by atoms with Crippen molar-refractivity contribution < 1.29 is 9.18 Å². The van der Waals surface area contributed by atoms with Crippen LogP contribution in [-0.4, -0.2) is 17.0 Å². The van der Waals surface area contributed by atoms with E-state index in [9.17, 15) is 14.0 Å². The first-order valence-electron chi connectivity index (χ1n) is 10.9. The summed E-state index contributed by atoms with van der Waals surface area (Å²) in [6, 6.07) is 23.5. The summed E-state index contributed by atoms with van der Waals surface area (Å²) >= 11 is 1.11. The summed E-state index contributed by atoms with van der Waals surface area (Å²) in [6.07, 6.45) is 2.88. The van der Waals surface area contributed by atoms with E-state index >= 15 is 0 Å². The second-order valence-corrected chi connectivity index (χ2v) is 9.03. The number of carbonyl (C=O) groups is 1. The number of aromatic nitrogens is 1. The van der Waals surface area contributed by atoms with E-state index in [0.29, 0.717) is 23.5 Å². The minimum absolute atomic E-state index is 0.149. The Bertz CT molecular complexity index is 1310. The first kappa shape index (κ1) is 22.7. The van der Waals surface area contributed by atoms with Crippen molar-refractivity contribution in [2.24, 2.45) is 0 Å². The molecular formula is C27H25FN2O2S. The van der Waals surface area contributed by atoms with Crippen LogP contribution >= 0.6 is 11.3 Å². The molecule has 1 N–H and O–H groups in total. The Morgan fingerprint density at radius 3 is 2.55 bits per heavy atom. The van der Waals surface area contributed by atoms with Crippen LogP contribution in [0.5, 0.6) is 0 Å². The zero-order valence-corrected chi connectivity index (χ0v) is 19.2. The number of hydrogen-bond acceptors (Lipinski definition) is 3. The Morgan fingerprint density at radius 2 is 1.76 bits per heavy atom. The van der Waals surface area contributed by atoms with Crippen molar-refractivity contribution in [1.29, 1.82) is 0 Å². The average molecular weight is 461 g/mol. The predicted octanol–water partition coefficient (Wildman–Crippen LogP) is 5.77. The number of amides is 1. The van der Waals surface area contributed by atoms with Gasteiger partial charge in [0.05, 0.1) is 11.4 Å². The summed E-state index contributed by atoms with van der Waals surface area (Å²) in [5.74, 6) is -0.557. The summed E-state index contributed by atoms with van der Waals surface area (Å²) in [6.45, 7) is 2.46. The molecule has 0 aliphatic carbocycles. The number of rotatable bonds is 8. The number of unbranched alkanes of at least 4 members (excludes halogenated alkanes) is 1. The van der Waals surface area contributed by atoms with Gasteiger partial charge in [-0.3, -0.25) is 14.2 Å². The highest BCUT2D eigenvalue weighted by atomic mass is 32.1. The Morgan fingerprint density at radius 1 is 0.970 bits per heavy atom. The van der Waals surface area contributed by atoms with E-state index in [0.717, 1.165) is 41.0 Å². The molecule has 0 unspecified atom stereocenters. The zero-order chi connectivity index (χ0) is 23.2. The van der Waals surface area contributed by atoms with E-state index in [1.165, 1.54) is 22.3 Å². The van der Waals surface area contributed by atoms with Gasteiger partial charge in [-0.05, 0) is 62.1 Å². The molecule has 168 valence electrons. The molecule has 0 saturated heterocycles. The van der Waals surface area contributed by atoms with E-state index in [4.69, 9.17) is 0 Å². The highest BCUT2D eigenvalue weighted by Crippen LogP contribution is 2.28. The minimum Gasteiger partial charge on any atom is -0.352 e. The second kappa shape index (κ2) is 10.4. The van der Waals surface area contributed by atoms with E-state index in [1.54, 1.807) is 30.3 Å². The van der Waals surface area contributed by atoms with E-state index < -0.39 is 5.82 Å². The largest absolute Gasteiger partial charge is 0.352 e. The van der Waals surface area contributed by atoms with Crippen molar-refractivity contribution in [2.45, 2.75) is 26.2 Å². The van der Waals surface area contributed by atoms with E-state index in [1.807, 2.05) is 31.2 Å². The van der Waals surface area contributed by atoms with Crippen molar-refractivity contribution in [2.75, 3.05) is 6.54 Å². The van der Waals surface area contributed by atoms with Crippen LogP contribution in [-0.2, 0) is 6.42 Å². The molecule has 0 fully saturated rings. The van der Waals surface area contributed by atoms with Crippen molar-refractivity contribution in [1.82, 2.24) is 9.88 Å². The molecule has 4 aromatic rings. The number of thiazole rings is 1. The SMILES string of the molecule is Cc1sc(=O)n(-c2cccc(F)c2)c1-c1cccc(C(=O)NCCCCc2ccccc2)c1. The first-order valence-corrected chi connectivity index (χ1v) is 11.8. The molecular weight excluding hydrogens is 435 g/mol. The third-order valence-corrected chi connectivity index (χ3v) is 6.32. The van der Waals surface area contributed by atoms with Crippen LogP contribution in [0, 0.1) is 12.7 Å². The van der Waals surface area contributed by atoms with Crippen molar-refractivity contribution in [3.63, 3.8) is 0 Å². The first-order chi connectivity index (χ1) is 16.0. The van der Waals surface area contributed by atoms with Gasteiger partial charge in [-0.1, -0.05) is 59.9 Å². The van der Waals surface area contributed by atoms with Crippen molar-refractivity contribution in [3.05, 3.63) is 110 Å². The van der Waals surface area contributed by atoms with Gasteiger partial charge in [0.25, 0.3) is 5.91 Å². The van der Waals surface area contributed by atoms with Gasteiger partial charge in [0, 0.05) is 22.5 Å². The third-order valence-electron chi connectivity index (χ3n) is 5.47. The lowest BCUT2D eigenvalue weighted by Gasteiger charge is -2.11. The van der Waals surface area contributed by atoms with E-state index in [2.05, 4.69) is 17.4 Å². The van der Waals surface area contributed by atoms with Gasteiger partial charge in [-0.25, -0.2) is 4.39 Å². The number of hydrogen-bond donors (Lipinski definition) is 1. The Labute approximate surface area is 196 Å². The van der Waals surface area contributed by atoms with Crippen LogP contribution in [0.4, 0.5) is 4.39 Å². The normalized spacial score (nSPS) is 10.8. The Balaban J connectivity index is 1.47. The third kappa shape index (κ3) is 5.46. The molecule has 0 aliphatic rings. The highest BCUT2D eigenvalue weighted by Gasteiger charge is 2.17. The lowest BCUT2D eigenvalue weighted by Crippen LogP contribution is -2.24. The van der Waals surface area contributed by atoms with Gasteiger partial charge in [-0.15, -0.1) is 0 Å². The average Bonchev–Trinajstić information content (AvgIpc) is 3.13. The van der Waals surface area contributed by atoms with Gasteiger partial charge in [0.15, 0.2) is 0 Å². The zero-order valence-electron chi connectivity index (χ0n) is 18.4. The quantitative estimate of drug-likeness (QED) is 0.340. The second-order valence-electron chi connectivity index (χ2n) is 7.87. The lowest BCUT2D eigenvalue weighted by molar-refractivity contribution is 0.0953. The topological polar surface area (TPSA) is 51.1 Å². The fourth-order valence-corrected chi connectivity index (χ4v) is 4.72. The molecule has 0 spiro atoms. The predicted molar refractivity (Wildman–Crippen MR) is 132 cm³/mol. The molecule has 6 heteroatoms. The Kier molecular flexibility index (Phi) is 7.15. The molecule has 1 aromatic heterocycles. The van der Waals surface area contributed by atoms with E-state index in [-0.39, 0.29) is 10.8 Å². The van der Waals surface area contributed by atoms with Gasteiger partial charge < -0.3 is 5.32 Å². The fourth-order valence-electron chi connectivity index (χ4n) is 3.87. The molecule has 1 heterocycles. The summed E-state index contributed by atoms with van der Waals surface area (Å²) in [7, 11) is 0. The number of nitrogens with zero attached hydrogens (tertiary/aromatic N) is 1. The van der Waals surface area contributed by atoms with Crippen LogP contribution in [0.25, 0.3) is 16.9 Å². The molecule has 0 aliphatic heterocycles. The molecule has 4 nitrogen and oxygen atoms in total. The van der Waals surface area contributed by atoms with Gasteiger partial charge >= 0.3 is 4.87 Å². The summed E-state index contributed by atoms with van der Waals surface area (Å²) in [4.78, 5) is 26.0. The minimum atomic E-state index is -0.408. The van der Waals surface area contributed by atoms with Crippen molar-refractivity contribution in [3.8, 4) is 16.9 Å². The van der Waals surface area contributed by atoms with Crippen LogP contribution in [0.1, 0.15) is 33.6 Å². The van der Waals surface area contributed by atoms with Gasteiger partial charge in [-0.2, -0.15) is 0 Å². The molecule has 0 radical (unpaired) electrons. The van der Waals surface area contributed by atoms with Crippen LogP contribution in [0.3, 0.4) is 0 Å². The smallest absolute Gasteiger partial charge is 0.312 e. The summed E-state index contributed by atoms with van der Waals surface area (Å²) in [5.41, 5.74) is 3.71. The maximum absolute atomic E-state index is 13.8. The monoisotopic (exact) mass is 460 g/mol. The van der Waals surface area contributed by atoms with Crippen molar-refractivity contribution >= 4 is 17.2 Å². The fraction of sp³-hybridized carbons (Fsp3) is 0.185. The number of benzene rings is 3. The number of nitrogens with one attached hydrogen (secondary N) is 1. The standard InChI is InChI=1S/C27H25FN2O2S/c1-19-25(30(27(32)33-19)24-15-8-14-23(28)18-24)21-12-7-13-22(17-21)26(31)29-16-6-5-11-20-9-3-2-4-10-20/h2-4,7-10,12-15,17-18H,5-6,11,16H2,1H3,(H,29,31).